The molecule has 0 aliphatic heterocycles. The van der Waals surface area contributed by atoms with Crippen molar-refractivity contribution in [3.8, 4) is 11.5 Å². The van der Waals surface area contributed by atoms with Gasteiger partial charge in [-0.2, -0.15) is 0 Å². The van der Waals surface area contributed by atoms with Crippen molar-refractivity contribution in [1.82, 2.24) is 5.16 Å². The van der Waals surface area contributed by atoms with Crippen LogP contribution in [-0.2, 0) is 6.61 Å². The first kappa shape index (κ1) is 11.2. The number of benzene rings is 1. The molecule has 0 aliphatic carbocycles. The van der Waals surface area contributed by atoms with Crippen molar-refractivity contribution in [2.24, 2.45) is 0 Å². The molecule has 0 saturated carbocycles. The van der Waals surface area contributed by atoms with Crippen molar-refractivity contribution in [2.75, 3.05) is 7.11 Å². The first-order valence-electron chi connectivity index (χ1n) is 4.97. The minimum Gasteiger partial charge on any atom is -0.493 e. The SMILES string of the molecule is COc1cc(C=O)ccc1OCc1cnoc1. The lowest BCUT2D eigenvalue weighted by Gasteiger charge is -2.09. The first-order valence-corrected chi connectivity index (χ1v) is 4.97. The van der Waals surface area contributed by atoms with Gasteiger partial charge in [-0.05, 0) is 18.2 Å². The molecule has 2 aromatic rings. The summed E-state index contributed by atoms with van der Waals surface area (Å²) in [6.07, 6.45) is 3.84. The Kier molecular flexibility index (Phi) is 3.40. The van der Waals surface area contributed by atoms with E-state index in [0.717, 1.165) is 11.8 Å². The number of ether oxygens (including phenoxy) is 2. The predicted molar refractivity (Wildman–Crippen MR) is 59.2 cm³/mol. The zero-order chi connectivity index (χ0) is 12.1. The second-order valence-corrected chi connectivity index (χ2v) is 3.35. The second-order valence-electron chi connectivity index (χ2n) is 3.35. The molecular weight excluding hydrogens is 222 g/mol. The van der Waals surface area contributed by atoms with Crippen LogP contribution in [0, 0.1) is 0 Å². The Morgan fingerprint density at radius 3 is 2.94 bits per heavy atom. The maximum Gasteiger partial charge on any atom is 0.161 e. The van der Waals surface area contributed by atoms with Crippen molar-refractivity contribution >= 4 is 6.29 Å². The van der Waals surface area contributed by atoms with E-state index in [4.69, 9.17) is 9.47 Å². The molecule has 88 valence electrons. The Bertz CT molecular complexity index is 493. The van der Waals surface area contributed by atoms with Gasteiger partial charge in [0, 0.05) is 11.1 Å². The lowest BCUT2D eigenvalue weighted by Crippen LogP contribution is -1.97. The van der Waals surface area contributed by atoms with Crippen LogP contribution in [0.5, 0.6) is 11.5 Å². The van der Waals surface area contributed by atoms with Gasteiger partial charge in [-0.25, -0.2) is 0 Å². The number of aldehydes is 1. The Morgan fingerprint density at radius 1 is 1.41 bits per heavy atom. The van der Waals surface area contributed by atoms with Gasteiger partial charge in [0.1, 0.15) is 19.2 Å². The molecule has 2 rings (SSSR count). The van der Waals surface area contributed by atoms with Gasteiger partial charge in [-0.15, -0.1) is 0 Å². The van der Waals surface area contributed by atoms with Crippen LogP contribution in [0.25, 0.3) is 0 Å². The zero-order valence-corrected chi connectivity index (χ0v) is 9.25. The summed E-state index contributed by atoms with van der Waals surface area (Å²) in [4.78, 5) is 10.6. The number of carbonyl (C=O) groups is 1. The Morgan fingerprint density at radius 2 is 2.29 bits per heavy atom. The highest BCUT2D eigenvalue weighted by atomic mass is 16.5. The summed E-state index contributed by atoms with van der Waals surface area (Å²) in [6.45, 7) is 0.334. The predicted octanol–water partition coefficient (Wildman–Crippen LogP) is 2.07. The Balaban J connectivity index is 2.12. The Hall–Kier alpha value is -2.30. The summed E-state index contributed by atoms with van der Waals surface area (Å²) in [6, 6.07) is 4.98. The second kappa shape index (κ2) is 5.16. The molecule has 0 atom stereocenters. The van der Waals surface area contributed by atoms with Crippen LogP contribution in [0.2, 0.25) is 0 Å². The van der Waals surface area contributed by atoms with Gasteiger partial charge in [-0.3, -0.25) is 4.79 Å². The van der Waals surface area contributed by atoms with E-state index in [9.17, 15) is 4.79 Å². The highest BCUT2D eigenvalue weighted by molar-refractivity contribution is 5.76. The minimum atomic E-state index is 0.334. The summed E-state index contributed by atoms with van der Waals surface area (Å²) in [5, 5.41) is 3.57. The summed E-state index contributed by atoms with van der Waals surface area (Å²) in [7, 11) is 1.52. The van der Waals surface area contributed by atoms with Gasteiger partial charge in [-0.1, -0.05) is 5.16 Å². The number of methoxy groups -OCH3 is 1. The van der Waals surface area contributed by atoms with Crippen molar-refractivity contribution in [3.05, 3.63) is 41.8 Å². The van der Waals surface area contributed by atoms with Crippen molar-refractivity contribution in [1.29, 1.82) is 0 Å². The number of rotatable bonds is 5. The van der Waals surface area contributed by atoms with Crippen LogP contribution >= 0.6 is 0 Å². The number of carbonyl (C=O) groups excluding carboxylic acids is 1. The van der Waals surface area contributed by atoms with Crippen molar-refractivity contribution in [3.63, 3.8) is 0 Å². The molecule has 5 nitrogen and oxygen atoms in total. The smallest absolute Gasteiger partial charge is 0.161 e. The van der Waals surface area contributed by atoms with Crippen LogP contribution in [0.4, 0.5) is 0 Å². The number of nitrogens with zero attached hydrogens (tertiary/aromatic N) is 1. The standard InChI is InChI=1S/C12H11NO4/c1-15-12-4-9(6-14)2-3-11(12)16-7-10-5-13-17-8-10/h2-6,8H,7H2,1H3. The van der Waals surface area contributed by atoms with Gasteiger partial charge < -0.3 is 14.0 Å². The average molecular weight is 233 g/mol. The normalized spacial score (nSPS) is 9.94. The fraction of sp³-hybridized carbons (Fsp3) is 0.167. The van der Waals surface area contributed by atoms with E-state index >= 15 is 0 Å². The van der Waals surface area contributed by atoms with Crippen LogP contribution in [-0.4, -0.2) is 18.6 Å². The van der Waals surface area contributed by atoms with Gasteiger partial charge in [0.2, 0.25) is 0 Å². The third-order valence-corrected chi connectivity index (χ3v) is 2.20. The molecule has 1 heterocycles. The number of hydrogen-bond donors (Lipinski definition) is 0. The molecule has 17 heavy (non-hydrogen) atoms. The molecule has 1 aromatic heterocycles. The van der Waals surface area contributed by atoms with E-state index in [1.54, 1.807) is 24.4 Å². The molecule has 5 heteroatoms. The van der Waals surface area contributed by atoms with E-state index < -0.39 is 0 Å². The van der Waals surface area contributed by atoms with Crippen LogP contribution in [0.3, 0.4) is 0 Å². The summed E-state index contributed by atoms with van der Waals surface area (Å²) < 4.78 is 15.4. The molecule has 0 amide bonds. The van der Waals surface area contributed by atoms with E-state index in [1.165, 1.54) is 13.4 Å². The maximum absolute atomic E-state index is 10.6. The van der Waals surface area contributed by atoms with Crippen molar-refractivity contribution < 1.29 is 18.8 Å². The highest BCUT2D eigenvalue weighted by Gasteiger charge is 2.06. The van der Waals surface area contributed by atoms with Crippen molar-refractivity contribution in [2.45, 2.75) is 6.61 Å². The van der Waals surface area contributed by atoms with Crippen LogP contribution < -0.4 is 9.47 Å². The first-order chi connectivity index (χ1) is 8.33. The van der Waals surface area contributed by atoms with Crippen LogP contribution in [0.15, 0.2) is 35.2 Å². The van der Waals surface area contributed by atoms with E-state index in [2.05, 4.69) is 9.68 Å². The monoisotopic (exact) mass is 233 g/mol. The van der Waals surface area contributed by atoms with Crippen LogP contribution in [0.1, 0.15) is 15.9 Å². The fourth-order valence-electron chi connectivity index (χ4n) is 1.34. The van der Waals surface area contributed by atoms with Gasteiger partial charge in [0.05, 0.1) is 13.3 Å². The van der Waals surface area contributed by atoms with E-state index in [1.807, 2.05) is 0 Å². The van der Waals surface area contributed by atoms with Gasteiger partial charge in [0.25, 0.3) is 0 Å². The fourth-order valence-corrected chi connectivity index (χ4v) is 1.34. The zero-order valence-electron chi connectivity index (χ0n) is 9.25. The molecule has 0 spiro atoms. The lowest BCUT2D eigenvalue weighted by molar-refractivity contribution is 0.112. The molecule has 0 radical (unpaired) electrons. The number of aromatic nitrogens is 1. The number of hydrogen-bond acceptors (Lipinski definition) is 5. The Labute approximate surface area is 97.9 Å². The molecule has 0 N–H and O–H groups in total. The molecule has 0 bridgehead atoms. The molecule has 0 fully saturated rings. The van der Waals surface area contributed by atoms with Gasteiger partial charge in [0.15, 0.2) is 11.5 Å². The van der Waals surface area contributed by atoms with Gasteiger partial charge >= 0.3 is 0 Å². The largest absolute Gasteiger partial charge is 0.493 e. The molecule has 0 aliphatic rings. The third-order valence-electron chi connectivity index (χ3n) is 2.20. The quantitative estimate of drug-likeness (QED) is 0.740. The minimum absolute atomic E-state index is 0.334. The summed E-state index contributed by atoms with van der Waals surface area (Å²) in [5.41, 5.74) is 1.37. The lowest BCUT2D eigenvalue weighted by atomic mass is 10.2. The maximum atomic E-state index is 10.6. The summed E-state index contributed by atoms with van der Waals surface area (Å²) >= 11 is 0. The molecular formula is C12H11NO4. The van der Waals surface area contributed by atoms with E-state index in [0.29, 0.717) is 23.7 Å². The molecule has 0 unspecified atom stereocenters. The molecule has 0 saturated heterocycles. The van der Waals surface area contributed by atoms with E-state index in [-0.39, 0.29) is 0 Å². The third kappa shape index (κ3) is 2.63. The topological polar surface area (TPSA) is 61.6 Å². The summed E-state index contributed by atoms with van der Waals surface area (Å²) in [5.74, 6) is 1.09. The average Bonchev–Trinajstić information content (AvgIpc) is 2.89. The molecule has 1 aromatic carbocycles. The highest BCUT2D eigenvalue weighted by Crippen LogP contribution is 2.28.